The molecule has 0 unspecified atom stereocenters. The fraction of sp³-hybridized carbons (Fsp3) is 0.381. The van der Waals surface area contributed by atoms with E-state index in [0.29, 0.717) is 60.4 Å². The molecule has 1 aliphatic rings. The van der Waals surface area contributed by atoms with E-state index in [4.69, 9.17) is 18.6 Å². The standard InChI is InChI=1S/C21H25N3O6/c1-14-10-17(15(2)30-14)21(26)23-22-12-16-4-5-18(19(11-16)27-3)29-13-20(25)24-6-8-28-9-7-24/h4-5,10-12H,6-9,13H2,1-3H3,(H,23,26)/b22-12+. The SMILES string of the molecule is COc1cc(/C=N/NC(=O)c2cc(C)oc2C)ccc1OCC(=O)N1CCOCC1. The highest BCUT2D eigenvalue weighted by molar-refractivity contribution is 5.95. The van der Waals surface area contributed by atoms with Crippen molar-refractivity contribution < 1.29 is 28.2 Å². The number of aryl methyl sites for hydroxylation is 2. The lowest BCUT2D eigenvalue weighted by molar-refractivity contribution is -0.137. The van der Waals surface area contributed by atoms with Crippen LogP contribution < -0.4 is 14.9 Å². The molecule has 1 aliphatic heterocycles. The summed E-state index contributed by atoms with van der Waals surface area (Å²) < 4.78 is 21.6. The first-order valence-corrected chi connectivity index (χ1v) is 9.54. The van der Waals surface area contributed by atoms with E-state index in [1.54, 1.807) is 43.0 Å². The Morgan fingerprint density at radius 1 is 1.20 bits per heavy atom. The number of hydrogen-bond acceptors (Lipinski definition) is 7. The van der Waals surface area contributed by atoms with E-state index in [9.17, 15) is 9.59 Å². The number of carbonyl (C=O) groups excluding carboxylic acids is 2. The largest absolute Gasteiger partial charge is 0.493 e. The minimum atomic E-state index is -0.353. The number of nitrogens with one attached hydrogen (secondary N) is 1. The van der Waals surface area contributed by atoms with Crippen LogP contribution in [0.15, 0.2) is 33.8 Å². The molecule has 2 amide bonds. The molecule has 0 aliphatic carbocycles. The second-order valence-corrected chi connectivity index (χ2v) is 6.72. The zero-order valence-electron chi connectivity index (χ0n) is 17.3. The van der Waals surface area contributed by atoms with Crippen LogP contribution in [0.4, 0.5) is 0 Å². The number of morpholine rings is 1. The lowest BCUT2D eigenvalue weighted by atomic mass is 10.2. The van der Waals surface area contributed by atoms with Crippen LogP contribution in [-0.2, 0) is 9.53 Å². The molecule has 2 aromatic rings. The van der Waals surface area contributed by atoms with E-state index in [1.807, 2.05) is 0 Å². The zero-order valence-corrected chi connectivity index (χ0v) is 17.3. The van der Waals surface area contributed by atoms with Gasteiger partial charge in [-0.05, 0) is 43.7 Å². The third-order valence-electron chi connectivity index (χ3n) is 4.57. The van der Waals surface area contributed by atoms with Crippen LogP contribution in [0.25, 0.3) is 0 Å². The molecule has 1 aromatic carbocycles. The number of amides is 2. The van der Waals surface area contributed by atoms with E-state index in [0.717, 1.165) is 0 Å². The normalized spacial score (nSPS) is 14.0. The summed E-state index contributed by atoms with van der Waals surface area (Å²) in [5, 5.41) is 3.97. The highest BCUT2D eigenvalue weighted by Gasteiger charge is 2.18. The Balaban J connectivity index is 1.58. The third-order valence-corrected chi connectivity index (χ3v) is 4.57. The second kappa shape index (κ2) is 9.93. The van der Waals surface area contributed by atoms with E-state index in [-0.39, 0.29) is 18.4 Å². The van der Waals surface area contributed by atoms with Gasteiger partial charge in [0.2, 0.25) is 0 Å². The number of furan rings is 1. The molecule has 30 heavy (non-hydrogen) atoms. The minimum Gasteiger partial charge on any atom is -0.493 e. The fourth-order valence-electron chi connectivity index (χ4n) is 3.01. The Kier molecular flexibility index (Phi) is 7.08. The van der Waals surface area contributed by atoms with Gasteiger partial charge in [0.25, 0.3) is 11.8 Å². The molecule has 0 atom stereocenters. The van der Waals surface area contributed by atoms with Crippen LogP contribution >= 0.6 is 0 Å². The fourth-order valence-corrected chi connectivity index (χ4v) is 3.01. The van der Waals surface area contributed by atoms with Gasteiger partial charge < -0.3 is 23.5 Å². The first kappa shape index (κ1) is 21.4. The Bertz CT molecular complexity index is 931. The van der Waals surface area contributed by atoms with Crippen LogP contribution in [0.5, 0.6) is 11.5 Å². The van der Waals surface area contributed by atoms with Crippen molar-refractivity contribution >= 4 is 18.0 Å². The smallest absolute Gasteiger partial charge is 0.274 e. The molecule has 2 heterocycles. The molecule has 0 spiro atoms. The monoisotopic (exact) mass is 415 g/mol. The summed E-state index contributed by atoms with van der Waals surface area (Å²) in [6.45, 7) is 5.63. The molecule has 0 saturated carbocycles. The van der Waals surface area contributed by atoms with Crippen LogP contribution in [0.2, 0.25) is 0 Å². The van der Waals surface area contributed by atoms with Crippen LogP contribution in [0, 0.1) is 13.8 Å². The van der Waals surface area contributed by atoms with Gasteiger partial charge in [0.15, 0.2) is 18.1 Å². The molecule has 0 radical (unpaired) electrons. The van der Waals surface area contributed by atoms with Crippen LogP contribution in [0.3, 0.4) is 0 Å². The van der Waals surface area contributed by atoms with E-state index >= 15 is 0 Å². The summed E-state index contributed by atoms with van der Waals surface area (Å²) in [5.74, 6) is 1.66. The van der Waals surface area contributed by atoms with Crippen molar-refractivity contribution in [3.8, 4) is 11.5 Å². The molecule has 160 valence electrons. The summed E-state index contributed by atoms with van der Waals surface area (Å²) in [7, 11) is 1.51. The number of ether oxygens (including phenoxy) is 3. The van der Waals surface area contributed by atoms with Crippen molar-refractivity contribution in [2.75, 3.05) is 40.0 Å². The number of benzene rings is 1. The third kappa shape index (κ3) is 5.38. The summed E-state index contributed by atoms with van der Waals surface area (Å²) in [5.41, 5.74) is 3.60. The highest BCUT2D eigenvalue weighted by atomic mass is 16.5. The number of carbonyl (C=O) groups is 2. The summed E-state index contributed by atoms with van der Waals surface area (Å²) in [6, 6.07) is 6.81. The molecule has 1 N–H and O–H groups in total. The predicted octanol–water partition coefficient (Wildman–Crippen LogP) is 1.91. The van der Waals surface area contributed by atoms with Gasteiger partial charge in [0.05, 0.1) is 32.1 Å². The summed E-state index contributed by atoms with van der Waals surface area (Å²) in [4.78, 5) is 26.1. The van der Waals surface area contributed by atoms with E-state index < -0.39 is 0 Å². The first-order valence-electron chi connectivity index (χ1n) is 9.54. The molecular formula is C21H25N3O6. The highest BCUT2D eigenvalue weighted by Crippen LogP contribution is 2.27. The van der Waals surface area contributed by atoms with Crippen molar-refractivity contribution in [1.82, 2.24) is 10.3 Å². The predicted molar refractivity (Wildman–Crippen MR) is 109 cm³/mol. The Labute approximate surface area is 174 Å². The maximum atomic E-state index is 12.2. The maximum Gasteiger partial charge on any atom is 0.274 e. The molecule has 1 aromatic heterocycles. The van der Waals surface area contributed by atoms with Gasteiger partial charge in [-0.15, -0.1) is 0 Å². The van der Waals surface area contributed by atoms with Gasteiger partial charge in [0.1, 0.15) is 11.5 Å². The molecular weight excluding hydrogens is 390 g/mol. The second-order valence-electron chi connectivity index (χ2n) is 6.72. The van der Waals surface area contributed by atoms with Crippen molar-refractivity contribution in [2.24, 2.45) is 5.10 Å². The van der Waals surface area contributed by atoms with Crippen molar-refractivity contribution in [3.63, 3.8) is 0 Å². The van der Waals surface area contributed by atoms with Gasteiger partial charge in [0, 0.05) is 13.1 Å². The average molecular weight is 415 g/mol. The summed E-state index contributed by atoms with van der Waals surface area (Å²) >= 11 is 0. The average Bonchev–Trinajstić information content (AvgIpc) is 3.10. The van der Waals surface area contributed by atoms with Gasteiger partial charge >= 0.3 is 0 Å². The minimum absolute atomic E-state index is 0.0800. The topological polar surface area (TPSA) is 103 Å². The molecule has 1 saturated heterocycles. The van der Waals surface area contributed by atoms with Gasteiger partial charge in [-0.2, -0.15) is 5.10 Å². The van der Waals surface area contributed by atoms with E-state index in [1.165, 1.54) is 13.3 Å². The molecule has 1 fully saturated rings. The Morgan fingerprint density at radius 3 is 2.63 bits per heavy atom. The number of hydrazone groups is 1. The maximum absolute atomic E-state index is 12.2. The number of rotatable bonds is 7. The van der Waals surface area contributed by atoms with Crippen molar-refractivity contribution in [2.45, 2.75) is 13.8 Å². The summed E-state index contributed by atoms with van der Waals surface area (Å²) in [6.07, 6.45) is 1.49. The van der Waals surface area contributed by atoms with Crippen LogP contribution in [0.1, 0.15) is 27.4 Å². The number of methoxy groups -OCH3 is 1. The molecule has 3 rings (SSSR count). The number of hydrogen-bond donors (Lipinski definition) is 1. The molecule has 9 heteroatoms. The molecule has 0 bridgehead atoms. The van der Waals surface area contributed by atoms with Gasteiger partial charge in [-0.1, -0.05) is 0 Å². The van der Waals surface area contributed by atoms with Gasteiger partial charge in [-0.25, -0.2) is 5.43 Å². The van der Waals surface area contributed by atoms with Crippen molar-refractivity contribution in [1.29, 1.82) is 0 Å². The van der Waals surface area contributed by atoms with Gasteiger partial charge in [-0.3, -0.25) is 9.59 Å². The molecule has 9 nitrogen and oxygen atoms in total. The zero-order chi connectivity index (χ0) is 21.5. The number of nitrogens with zero attached hydrogens (tertiary/aromatic N) is 2. The lowest BCUT2D eigenvalue weighted by Crippen LogP contribution is -2.43. The quantitative estimate of drug-likeness (QED) is 0.547. The van der Waals surface area contributed by atoms with Crippen molar-refractivity contribution in [3.05, 3.63) is 46.9 Å². The lowest BCUT2D eigenvalue weighted by Gasteiger charge is -2.26. The Morgan fingerprint density at radius 2 is 1.97 bits per heavy atom. The van der Waals surface area contributed by atoms with Crippen LogP contribution in [-0.4, -0.2) is 62.9 Å². The van der Waals surface area contributed by atoms with E-state index in [2.05, 4.69) is 10.5 Å². The Hall–Kier alpha value is -3.33. The first-order chi connectivity index (χ1) is 14.5.